The highest BCUT2D eigenvalue weighted by molar-refractivity contribution is 7.91. The number of sulfone groups is 1. The first-order valence-corrected chi connectivity index (χ1v) is 11.5. The predicted molar refractivity (Wildman–Crippen MR) is 113 cm³/mol. The lowest BCUT2D eigenvalue weighted by atomic mass is 9.86. The highest BCUT2D eigenvalue weighted by Gasteiger charge is 2.35. The molecular formula is C23H29NO3S. The molecule has 5 heteroatoms. The Morgan fingerprint density at radius 1 is 1.04 bits per heavy atom. The molecule has 0 spiro atoms. The van der Waals surface area contributed by atoms with E-state index in [0.717, 1.165) is 11.1 Å². The first kappa shape index (κ1) is 20.6. The molecule has 28 heavy (non-hydrogen) atoms. The van der Waals surface area contributed by atoms with Gasteiger partial charge in [0, 0.05) is 18.2 Å². The molecule has 1 heterocycles. The van der Waals surface area contributed by atoms with Crippen molar-refractivity contribution < 1.29 is 13.2 Å². The second-order valence-electron chi connectivity index (χ2n) is 8.80. The summed E-state index contributed by atoms with van der Waals surface area (Å²) in [4.78, 5) is 15.0. The summed E-state index contributed by atoms with van der Waals surface area (Å²) in [6.07, 6.45) is 0.500. The fourth-order valence-electron chi connectivity index (χ4n) is 3.56. The van der Waals surface area contributed by atoms with Crippen LogP contribution >= 0.6 is 0 Å². The molecule has 3 rings (SSSR count). The molecule has 0 aromatic heterocycles. The van der Waals surface area contributed by atoms with E-state index in [1.807, 2.05) is 43.3 Å². The zero-order valence-corrected chi connectivity index (χ0v) is 17.9. The Bertz CT molecular complexity index is 939. The molecule has 1 atom stereocenters. The van der Waals surface area contributed by atoms with Gasteiger partial charge in [0.1, 0.15) is 0 Å². The summed E-state index contributed by atoms with van der Waals surface area (Å²) in [6.45, 7) is 8.89. The van der Waals surface area contributed by atoms with E-state index in [2.05, 4.69) is 32.9 Å². The zero-order valence-electron chi connectivity index (χ0n) is 17.1. The van der Waals surface area contributed by atoms with Gasteiger partial charge in [0.05, 0.1) is 11.5 Å². The van der Waals surface area contributed by atoms with Gasteiger partial charge in [0.15, 0.2) is 9.84 Å². The highest BCUT2D eigenvalue weighted by Crippen LogP contribution is 2.25. The van der Waals surface area contributed by atoms with Crippen LogP contribution in [0.2, 0.25) is 0 Å². The summed E-state index contributed by atoms with van der Waals surface area (Å²) in [5.74, 6) is 0.0881. The Hall–Kier alpha value is -2.14. The normalized spacial score (nSPS) is 18.8. The largest absolute Gasteiger partial charge is 0.330 e. The maximum Gasteiger partial charge on any atom is 0.254 e. The van der Waals surface area contributed by atoms with Gasteiger partial charge in [0.2, 0.25) is 0 Å². The van der Waals surface area contributed by atoms with E-state index in [9.17, 15) is 13.2 Å². The molecule has 0 bridgehead atoms. The van der Waals surface area contributed by atoms with Gasteiger partial charge < -0.3 is 4.90 Å². The lowest BCUT2D eigenvalue weighted by Gasteiger charge is -2.29. The third-order valence-electron chi connectivity index (χ3n) is 5.38. The van der Waals surface area contributed by atoms with E-state index in [-0.39, 0.29) is 28.9 Å². The maximum atomic E-state index is 13.2. The fourth-order valence-corrected chi connectivity index (χ4v) is 5.29. The van der Waals surface area contributed by atoms with Crippen molar-refractivity contribution >= 4 is 15.7 Å². The number of hydrogen-bond donors (Lipinski definition) is 0. The number of aryl methyl sites for hydroxylation is 1. The topological polar surface area (TPSA) is 54.5 Å². The summed E-state index contributed by atoms with van der Waals surface area (Å²) in [5.41, 5.74) is 3.99. The first-order valence-electron chi connectivity index (χ1n) is 9.73. The van der Waals surface area contributed by atoms with Gasteiger partial charge in [-0.2, -0.15) is 0 Å². The molecular weight excluding hydrogens is 370 g/mol. The molecule has 2 aromatic carbocycles. The van der Waals surface area contributed by atoms with Gasteiger partial charge in [-0.25, -0.2) is 8.42 Å². The molecule has 0 radical (unpaired) electrons. The number of hydrogen-bond acceptors (Lipinski definition) is 3. The molecule has 150 valence electrons. The zero-order chi connectivity index (χ0) is 20.5. The number of carbonyl (C=O) groups is 1. The van der Waals surface area contributed by atoms with Crippen molar-refractivity contribution in [1.82, 2.24) is 4.90 Å². The van der Waals surface area contributed by atoms with Crippen LogP contribution in [0.3, 0.4) is 0 Å². The minimum Gasteiger partial charge on any atom is -0.330 e. The van der Waals surface area contributed by atoms with Crippen LogP contribution in [-0.2, 0) is 21.8 Å². The number of amides is 1. The van der Waals surface area contributed by atoms with E-state index >= 15 is 0 Å². The Morgan fingerprint density at radius 2 is 1.64 bits per heavy atom. The number of carbonyl (C=O) groups excluding carboxylic acids is 1. The van der Waals surface area contributed by atoms with Crippen LogP contribution in [0, 0.1) is 6.92 Å². The van der Waals surface area contributed by atoms with E-state index in [1.54, 1.807) is 4.90 Å². The summed E-state index contributed by atoms with van der Waals surface area (Å²) in [7, 11) is -3.08. The molecule has 2 aromatic rings. The lowest BCUT2D eigenvalue weighted by molar-refractivity contribution is 0.0681. The second kappa shape index (κ2) is 7.70. The monoisotopic (exact) mass is 399 g/mol. The van der Waals surface area contributed by atoms with Crippen molar-refractivity contribution in [3.8, 4) is 0 Å². The van der Waals surface area contributed by atoms with Gasteiger partial charge in [-0.05, 0) is 42.0 Å². The van der Waals surface area contributed by atoms with Crippen LogP contribution in [0.4, 0.5) is 0 Å². The SMILES string of the molecule is Cc1ccc(C(=O)N(Cc2ccc(C(C)(C)C)cc2)[C@@H]2CCS(=O)(=O)C2)cc1. The lowest BCUT2D eigenvalue weighted by Crippen LogP contribution is -2.40. The van der Waals surface area contributed by atoms with E-state index < -0.39 is 9.84 Å². The first-order chi connectivity index (χ1) is 13.0. The number of nitrogens with zero attached hydrogens (tertiary/aromatic N) is 1. The van der Waals surface area contributed by atoms with Crippen molar-refractivity contribution in [2.75, 3.05) is 11.5 Å². The highest BCUT2D eigenvalue weighted by atomic mass is 32.2. The molecule has 0 N–H and O–H groups in total. The second-order valence-corrected chi connectivity index (χ2v) is 11.0. The van der Waals surface area contributed by atoms with Crippen LogP contribution in [-0.4, -0.2) is 36.8 Å². The third kappa shape index (κ3) is 4.82. The van der Waals surface area contributed by atoms with Gasteiger partial charge in [-0.15, -0.1) is 0 Å². The Morgan fingerprint density at radius 3 is 2.14 bits per heavy atom. The van der Waals surface area contributed by atoms with Crippen molar-refractivity contribution in [3.63, 3.8) is 0 Å². The maximum absolute atomic E-state index is 13.2. The van der Waals surface area contributed by atoms with Crippen molar-refractivity contribution in [2.45, 2.75) is 52.1 Å². The van der Waals surface area contributed by atoms with Crippen LogP contribution < -0.4 is 0 Å². The Labute approximate surface area is 168 Å². The minimum atomic E-state index is -3.08. The van der Waals surface area contributed by atoms with Crippen molar-refractivity contribution in [2.24, 2.45) is 0 Å². The average molecular weight is 400 g/mol. The summed E-state index contributed by atoms with van der Waals surface area (Å²) < 4.78 is 24.0. The molecule has 4 nitrogen and oxygen atoms in total. The van der Waals surface area contributed by atoms with Crippen LogP contribution in [0.5, 0.6) is 0 Å². The summed E-state index contributed by atoms with van der Waals surface area (Å²) >= 11 is 0. The van der Waals surface area contributed by atoms with E-state index in [0.29, 0.717) is 18.5 Å². The van der Waals surface area contributed by atoms with Gasteiger partial charge >= 0.3 is 0 Å². The summed E-state index contributed by atoms with van der Waals surface area (Å²) in [6, 6.07) is 15.4. The predicted octanol–water partition coefficient (Wildman–Crippen LogP) is 4.12. The summed E-state index contributed by atoms with van der Waals surface area (Å²) in [5, 5.41) is 0. The van der Waals surface area contributed by atoms with Gasteiger partial charge in [0.25, 0.3) is 5.91 Å². The van der Waals surface area contributed by atoms with Crippen LogP contribution in [0.25, 0.3) is 0 Å². The van der Waals surface area contributed by atoms with Crippen molar-refractivity contribution in [1.29, 1.82) is 0 Å². The Balaban J connectivity index is 1.88. The molecule has 0 aliphatic carbocycles. The quantitative estimate of drug-likeness (QED) is 0.777. The third-order valence-corrected chi connectivity index (χ3v) is 7.13. The molecule has 1 aliphatic heterocycles. The average Bonchev–Trinajstić information content (AvgIpc) is 2.99. The van der Waals surface area contributed by atoms with Gasteiger partial charge in [-0.3, -0.25) is 4.79 Å². The van der Waals surface area contributed by atoms with E-state index in [4.69, 9.17) is 0 Å². The van der Waals surface area contributed by atoms with Crippen LogP contribution in [0.1, 0.15) is 54.2 Å². The standard InChI is InChI=1S/C23H29NO3S/c1-17-5-9-19(10-6-17)22(25)24(21-13-14-28(26,27)16-21)15-18-7-11-20(12-8-18)23(2,3)4/h5-12,21H,13-16H2,1-4H3/t21-/m1/s1. The Kier molecular flexibility index (Phi) is 5.67. The number of rotatable bonds is 4. The van der Waals surface area contributed by atoms with Crippen LogP contribution in [0.15, 0.2) is 48.5 Å². The van der Waals surface area contributed by atoms with E-state index in [1.165, 1.54) is 5.56 Å². The smallest absolute Gasteiger partial charge is 0.254 e. The minimum absolute atomic E-state index is 0.0463. The van der Waals surface area contributed by atoms with Crippen molar-refractivity contribution in [3.05, 3.63) is 70.8 Å². The number of benzene rings is 2. The van der Waals surface area contributed by atoms with Gasteiger partial charge in [-0.1, -0.05) is 62.7 Å². The fraction of sp³-hybridized carbons (Fsp3) is 0.435. The molecule has 1 amide bonds. The molecule has 0 unspecified atom stereocenters. The molecule has 1 fully saturated rings. The molecule has 0 saturated carbocycles. The molecule has 1 saturated heterocycles. The molecule has 1 aliphatic rings.